The van der Waals surface area contributed by atoms with Crippen LogP contribution in [0.2, 0.25) is 0 Å². The summed E-state index contributed by atoms with van der Waals surface area (Å²) in [4.78, 5) is 22.3. The summed E-state index contributed by atoms with van der Waals surface area (Å²) in [5.74, 6) is 0.534. The van der Waals surface area contributed by atoms with Crippen molar-refractivity contribution in [2.45, 2.75) is 25.0 Å². The largest absolute Gasteiger partial charge is 0.465 e. The van der Waals surface area contributed by atoms with E-state index >= 15 is 0 Å². The van der Waals surface area contributed by atoms with Crippen molar-refractivity contribution >= 4 is 23.5 Å². The molecule has 68 valence electrons. The van der Waals surface area contributed by atoms with E-state index in [1.165, 1.54) is 11.8 Å². The van der Waals surface area contributed by atoms with E-state index in [1.807, 2.05) is 0 Å². The van der Waals surface area contributed by atoms with Crippen molar-refractivity contribution < 1.29 is 14.3 Å². The average molecular weight is 188 g/mol. The van der Waals surface area contributed by atoms with Gasteiger partial charge in [-0.05, 0) is 19.1 Å². The molecule has 1 aliphatic rings. The predicted octanol–water partition coefficient (Wildman–Crippen LogP) is 1.01. The van der Waals surface area contributed by atoms with Crippen LogP contribution in [-0.4, -0.2) is 29.4 Å². The van der Waals surface area contributed by atoms with Crippen molar-refractivity contribution in [2.24, 2.45) is 0 Å². The minimum absolute atomic E-state index is 0.0182. The fourth-order valence-electron chi connectivity index (χ4n) is 1.09. The lowest BCUT2D eigenvalue weighted by Gasteiger charge is -2.17. The molecule has 0 aromatic carbocycles. The van der Waals surface area contributed by atoms with Gasteiger partial charge >= 0.3 is 5.97 Å². The molecule has 1 fully saturated rings. The van der Waals surface area contributed by atoms with Gasteiger partial charge in [-0.2, -0.15) is 0 Å². The Balaban J connectivity index is 2.48. The topological polar surface area (TPSA) is 43.4 Å². The van der Waals surface area contributed by atoms with Crippen LogP contribution in [-0.2, 0) is 14.3 Å². The average Bonchev–Trinajstić information content (AvgIpc) is 2.05. The van der Waals surface area contributed by atoms with Crippen molar-refractivity contribution in [3.05, 3.63) is 0 Å². The van der Waals surface area contributed by atoms with Gasteiger partial charge in [0.1, 0.15) is 0 Å². The Bertz CT molecular complexity index is 191. The zero-order chi connectivity index (χ0) is 8.97. The number of carbonyl (C=O) groups is 2. The van der Waals surface area contributed by atoms with Crippen LogP contribution in [0.3, 0.4) is 0 Å². The molecule has 0 amide bonds. The van der Waals surface area contributed by atoms with Crippen molar-refractivity contribution in [1.82, 2.24) is 0 Å². The number of ketones is 1. The Labute approximate surface area is 75.8 Å². The molecular formula is C8H12O3S. The number of hydrogen-bond donors (Lipinski definition) is 0. The molecule has 0 bridgehead atoms. The van der Waals surface area contributed by atoms with Crippen molar-refractivity contribution in [3.8, 4) is 0 Å². The van der Waals surface area contributed by atoms with E-state index in [0.29, 0.717) is 13.0 Å². The first-order valence-corrected chi connectivity index (χ1v) is 5.11. The minimum atomic E-state index is -0.543. The third-order valence-corrected chi connectivity index (χ3v) is 2.96. The molecule has 1 saturated heterocycles. The van der Waals surface area contributed by atoms with Crippen LogP contribution in [0.15, 0.2) is 0 Å². The smallest absolute Gasteiger partial charge is 0.326 e. The Morgan fingerprint density at radius 2 is 2.50 bits per heavy atom. The molecule has 12 heavy (non-hydrogen) atoms. The molecule has 0 aliphatic carbocycles. The van der Waals surface area contributed by atoms with Gasteiger partial charge in [0.2, 0.25) is 0 Å². The number of Topliss-reactive ketones (excluding diaryl/α,β-unsaturated/α-hetero) is 1. The third-order valence-electron chi connectivity index (χ3n) is 1.65. The van der Waals surface area contributed by atoms with Gasteiger partial charge in [-0.25, -0.2) is 0 Å². The van der Waals surface area contributed by atoms with Gasteiger partial charge in [0.25, 0.3) is 0 Å². The molecule has 1 aliphatic heterocycles. The first-order valence-electron chi connectivity index (χ1n) is 4.06. The Hall–Kier alpha value is -0.510. The number of esters is 1. The molecule has 1 rings (SSSR count). The third kappa shape index (κ3) is 2.24. The van der Waals surface area contributed by atoms with Crippen molar-refractivity contribution in [1.29, 1.82) is 0 Å². The van der Waals surface area contributed by atoms with Crippen LogP contribution in [0.1, 0.15) is 19.8 Å². The highest BCUT2D eigenvalue weighted by Crippen LogP contribution is 2.23. The van der Waals surface area contributed by atoms with E-state index in [2.05, 4.69) is 0 Å². The second kappa shape index (κ2) is 4.50. The molecule has 1 atom stereocenters. The molecule has 4 heteroatoms. The summed E-state index contributed by atoms with van der Waals surface area (Å²) >= 11 is 1.40. The summed E-state index contributed by atoms with van der Waals surface area (Å²) in [6.07, 6.45) is 1.41. The lowest BCUT2D eigenvalue weighted by Crippen LogP contribution is -2.32. The fourth-order valence-corrected chi connectivity index (χ4v) is 2.14. The molecule has 0 aromatic rings. The normalized spacial score (nSPS) is 23.8. The van der Waals surface area contributed by atoms with Gasteiger partial charge < -0.3 is 4.74 Å². The van der Waals surface area contributed by atoms with Crippen molar-refractivity contribution in [3.63, 3.8) is 0 Å². The summed E-state index contributed by atoms with van der Waals surface area (Å²) in [5, 5.41) is -0.543. The molecule has 3 nitrogen and oxygen atoms in total. The second-order valence-electron chi connectivity index (χ2n) is 2.57. The number of thioether (sulfide) groups is 1. The molecule has 0 unspecified atom stereocenters. The molecular weight excluding hydrogens is 176 g/mol. The van der Waals surface area contributed by atoms with Gasteiger partial charge in [0, 0.05) is 6.42 Å². The van der Waals surface area contributed by atoms with Gasteiger partial charge in [-0.3, -0.25) is 9.59 Å². The first-order chi connectivity index (χ1) is 5.75. The highest BCUT2D eigenvalue weighted by Gasteiger charge is 2.30. The maximum Gasteiger partial charge on any atom is 0.326 e. The zero-order valence-electron chi connectivity index (χ0n) is 7.04. The molecule has 0 saturated carbocycles. The number of ether oxygens (including phenoxy) is 1. The highest BCUT2D eigenvalue weighted by atomic mass is 32.2. The molecule has 0 radical (unpaired) electrons. The minimum Gasteiger partial charge on any atom is -0.465 e. The maximum atomic E-state index is 11.2. The standard InChI is InChI=1S/C8H12O3S/c1-2-11-8(10)7-6(9)4-3-5-12-7/h7H,2-5H2,1H3/t7-/m0/s1. The Kier molecular flexibility index (Phi) is 3.59. The Morgan fingerprint density at radius 1 is 1.75 bits per heavy atom. The molecule has 0 aromatic heterocycles. The zero-order valence-corrected chi connectivity index (χ0v) is 7.86. The summed E-state index contributed by atoms with van der Waals surface area (Å²) < 4.78 is 4.77. The van der Waals surface area contributed by atoms with E-state index in [9.17, 15) is 9.59 Å². The SMILES string of the molecule is CCOC(=O)[C@H]1SCCCC1=O. The van der Waals surface area contributed by atoms with E-state index in [4.69, 9.17) is 4.74 Å². The van der Waals surface area contributed by atoms with Crippen LogP contribution in [0.4, 0.5) is 0 Å². The van der Waals surface area contributed by atoms with Gasteiger partial charge in [-0.1, -0.05) is 0 Å². The summed E-state index contributed by atoms with van der Waals surface area (Å²) in [6, 6.07) is 0. The lowest BCUT2D eigenvalue weighted by atomic mass is 10.1. The van der Waals surface area contributed by atoms with E-state index in [0.717, 1.165) is 12.2 Å². The lowest BCUT2D eigenvalue weighted by molar-refractivity contribution is -0.144. The van der Waals surface area contributed by atoms with Crippen molar-refractivity contribution in [2.75, 3.05) is 12.4 Å². The van der Waals surface area contributed by atoms with Gasteiger partial charge in [0.15, 0.2) is 11.0 Å². The summed E-state index contributed by atoms with van der Waals surface area (Å²) in [5.41, 5.74) is 0. The quantitative estimate of drug-likeness (QED) is 0.479. The van der Waals surface area contributed by atoms with Gasteiger partial charge in [-0.15, -0.1) is 11.8 Å². The predicted molar refractivity (Wildman–Crippen MR) is 47.1 cm³/mol. The monoisotopic (exact) mass is 188 g/mol. The number of rotatable bonds is 2. The molecule has 1 heterocycles. The van der Waals surface area contributed by atoms with E-state index in [1.54, 1.807) is 6.92 Å². The highest BCUT2D eigenvalue weighted by molar-refractivity contribution is 8.01. The van der Waals surface area contributed by atoms with Crippen LogP contribution >= 0.6 is 11.8 Å². The summed E-state index contributed by atoms with van der Waals surface area (Å²) in [6.45, 7) is 2.10. The van der Waals surface area contributed by atoms with E-state index in [-0.39, 0.29) is 11.8 Å². The first kappa shape index (κ1) is 9.58. The van der Waals surface area contributed by atoms with Crippen LogP contribution in [0, 0.1) is 0 Å². The van der Waals surface area contributed by atoms with E-state index < -0.39 is 5.25 Å². The number of hydrogen-bond acceptors (Lipinski definition) is 4. The van der Waals surface area contributed by atoms with Gasteiger partial charge in [0.05, 0.1) is 6.61 Å². The maximum absolute atomic E-state index is 11.2. The summed E-state index contributed by atoms with van der Waals surface area (Å²) in [7, 11) is 0. The van der Waals surface area contributed by atoms with Crippen LogP contribution in [0.25, 0.3) is 0 Å². The van der Waals surface area contributed by atoms with Crippen LogP contribution < -0.4 is 0 Å². The second-order valence-corrected chi connectivity index (χ2v) is 3.79. The molecule has 0 spiro atoms. The number of carbonyl (C=O) groups excluding carboxylic acids is 2. The fraction of sp³-hybridized carbons (Fsp3) is 0.750. The molecule has 0 N–H and O–H groups in total. The van der Waals surface area contributed by atoms with Crippen LogP contribution in [0.5, 0.6) is 0 Å². The Morgan fingerprint density at radius 3 is 3.08 bits per heavy atom.